The lowest BCUT2D eigenvalue weighted by Gasteiger charge is -2.06. The number of anilines is 1. The Labute approximate surface area is 122 Å². The van der Waals surface area contributed by atoms with Gasteiger partial charge in [0.2, 0.25) is 0 Å². The van der Waals surface area contributed by atoms with Crippen LogP contribution in [0.15, 0.2) is 22.8 Å². The van der Waals surface area contributed by atoms with Crippen molar-refractivity contribution in [1.82, 2.24) is 15.0 Å². The maximum atomic E-state index is 13.6. The second-order valence-electron chi connectivity index (χ2n) is 4.15. The maximum absolute atomic E-state index is 13.6. The summed E-state index contributed by atoms with van der Waals surface area (Å²) in [6.45, 7) is 0.874. The number of aliphatic hydroxyl groups excluding tert-OH is 1. The molecule has 0 aliphatic carbocycles. The number of hydrogen-bond acceptors (Lipinski definition) is 4. The summed E-state index contributed by atoms with van der Waals surface area (Å²) in [5, 5.41) is 19.2. The summed E-state index contributed by atoms with van der Waals surface area (Å²) >= 11 is 2.91. The van der Waals surface area contributed by atoms with Crippen molar-refractivity contribution in [1.29, 1.82) is 0 Å². The molecule has 2 rings (SSSR count). The second-order valence-corrected chi connectivity index (χ2v) is 5.00. The Balaban J connectivity index is 1.98. The third-order valence-electron chi connectivity index (χ3n) is 2.60. The Bertz CT molecular complexity index is 591. The molecule has 0 aliphatic rings. The van der Waals surface area contributed by atoms with Gasteiger partial charge in [0, 0.05) is 19.2 Å². The smallest absolute Gasteiger partial charge is 0.147 e. The molecule has 0 amide bonds. The summed E-state index contributed by atoms with van der Waals surface area (Å²) in [5.41, 5.74) is 0.668. The minimum Gasteiger partial charge on any atom is -0.396 e. The summed E-state index contributed by atoms with van der Waals surface area (Å²) in [6, 6.07) is 2.14. The number of halogens is 3. The van der Waals surface area contributed by atoms with Crippen molar-refractivity contribution in [2.24, 2.45) is 0 Å². The van der Waals surface area contributed by atoms with Crippen LogP contribution in [0.3, 0.4) is 0 Å². The van der Waals surface area contributed by atoms with Crippen molar-refractivity contribution < 1.29 is 13.9 Å². The largest absolute Gasteiger partial charge is 0.396 e. The molecule has 0 fully saturated rings. The summed E-state index contributed by atoms with van der Waals surface area (Å²) < 4.78 is 28.6. The van der Waals surface area contributed by atoms with E-state index in [2.05, 4.69) is 31.6 Å². The van der Waals surface area contributed by atoms with Crippen molar-refractivity contribution in [3.05, 3.63) is 40.1 Å². The first kappa shape index (κ1) is 14.9. The first-order valence-corrected chi connectivity index (χ1v) is 6.77. The van der Waals surface area contributed by atoms with Crippen LogP contribution >= 0.6 is 15.9 Å². The van der Waals surface area contributed by atoms with Crippen LogP contribution in [-0.4, -0.2) is 26.7 Å². The van der Waals surface area contributed by atoms with E-state index in [-0.39, 0.29) is 23.3 Å². The van der Waals surface area contributed by atoms with E-state index in [0.717, 1.165) is 12.1 Å². The van der Waals surface area contributed by atoms with Gasteiger partial charge in [-0.05, 0) is 28.4 Å². The normalized spacial score (nSPS) is 10.8. The minimum absolute atomic E-state index is 0.0654. The Morgan fingerprint density at radius 3 is 2.85 bits per heavy atom. The molecule has 2 N–H and O–H groups in total. The molecule has 0 bridgehead atoms. The Morgan fingerprint density at radius 2 is 2.10 bits per heavy atom. The van der Waals surface area contributed by atoms with E-state index >= 15 is 0 Å². The lowest BCUT2D eigenvalue weighted by Crippen LogP contribution is -2.03. The minimum atomic E-state index is -0.550. The number of aryl methyl sites for hydroxylation is 1. The van der Waals surface area contributed by atoms with Crippen LogP contribution in [-0.2, 0) is 13.1 Å². The summed E-state index contributed by atoms with van der Waals surface area (Å²) in [5.74, 6) is -1.09. The number of aromatic nitrogens is 3. The summed E-state index contributed by atoms with van der Waals surface area (Å²) in [6.07, 6.45) is 2.28. The maximum Gasteiger partial charge on any atom is 0.147 e. The number of nitrogens with zero attached hydrogens (tertiary/aromatic N) is 3. The number of benzene rings is 1. The lowest BCUT2D eigenvalue weighted by atomic mass is 10.3. The highest BCUT2D eigenvalue weighted by Crippen LogP contribution is 2.23. The van der Waals surface area contributed by atoms with Crippen LogP contribution in [0.5, 0.6) is 0 Å². The van der Waals surface area contributed by atoms with Gasteiger partial charge in [0.25, 0.3) is 0 Å². The highest BCUT2D eigenvalue weighted by molar-refractivity contribution is 9.10. The molecule has 0 radical (unpaired) electrons. The summed E-state index contributed by atoms with van der Waals surface area (Å²) in [7, 11) is 0. The second kappa shape index (κ2) is 6.76. The lowest BCUT2D eigenvalue weighted by molar-refractivity contribution is 0.276. The monoisotopic (exact) mass is 346 g/mol. The van der Waals surface area contributed by atoms with Crippen LogP contribution in [0.1, 0.15) is 12.1 Å². The Hall–Kier alpha value is -1.54. The Morgan fingerprint density at radius 1 is 1.30 bits per heavy atom. The van der Waals surface area contributed by atoms with Crippen molar-refractivity contribution in [2.45, 2.75) is 19.5 Å². The quantitative estimate of drug-likeness (QED) is 0.788. The van der Waals surface area contributed by atoms with Gasteiger partial charge in [0.15, 0.2) is 0 Å². The molecule has 0 aliphatic heterocycles. The van der Waals surface area contributed by atoms with Crippen molar-refractivity contribution in [3.8, 4) is 0 Å². The van der Waals surface area contributed by atoms with E-state index in [1.54, 1.807) is 10.9 Å². The van der Waals surface area contributed by atoms with Gasteiger partial charge in [0.05, 0.1) is 22.9 Å². The zero-order chi connectivity index (χ0) is 14.5. The molecule has 2 aromatic rings. The van der Waals surface area contributed by atoms with E-state index in [1.807, 2.05) is 0 Å². The van der Waals surface area contributed by atoms with Gasteiger partial charge in [0.1, 0.15) is 17.3 Å². The molecule has 1 aromatic carbocycles. The van der Waals surface area contributed by atoms with E-state index in [4.69, 9.17) is 5.11 Å². The molecule has 0 unspecified atom stereocenters. The standard InChI is InChI=1S/C12H13BrF2N4O/c13-9-4-11(15)12(5-10(9)14)16-6-8-7-19(18-17-8)2-1-3-20/h4-5,7,16,20H,1-3,6H2. The highest BCUT2D eigenvalue weighted by Gasteiger charge is 2.09. The van der Waals surface area contributed by atoms with Crippen molar-refractivity contribution in [3.63, 3.8) is 0 Å². The van der Waals surface area contributed by atoms with Crippen molar-refractivity contribution >= 4 is 21.6 Å². The average Bonchev–Trinajstić information content (AvgIpc) is 2.87. The predicted octanol–water partition coefficient (Wildman–Crippen LogP) is 2.31. The topological polar surface area (TPSA) is 63.0 Å². The van der Waals surface area contributed by atoms with Crippen LogP contribution in [0.2, 0.25) is 0 Å². The highest BCUT2D eigenvalue weighted by atomic mass is 79.9. The first-order chi connectivity index (χ1) is 9.60. The number of nitrogens with one attached hydrogen (secondary N) is 1. The fourth-order valence-electron chi connectivity index (χ4n) is 1.61. The molecule has 0 saturated carbocycles. The van der Waals surface area contributed by atoms with Gasteiger partial charge >= 0.3 is 0 Å². The molecule has 20 heavy (non-hydrogen) atoms. The van der Waals surface area contributed by atoms with Gasteiger partial charge in [-0.3, -0.25) is 4.68 Å². The molecular formula is C12H13BrF2N4O. The zero-order valence-corrected chi connectivity index (χ0v) is 12.1. The first-order valence-electron chi connectivity index (χ1n) is 5.98. The molecule has 8 heteroatoms. The number of rotatable bonds is 6. The van der Waals surface area contributed by atoms with Gasteiger partial charge in [-0.1, -0.05) is 5.21 Å². The van der Waals surface area contributed by atoms with Crippen LogP contribution in [0.25, 0.3) is 0 Å². The third-order valence-corrected chi connectivity index (χ3v) is 3.21. The van der Waals surface area contributed by atoms with Crippen molar-refractivity contribution in [2.75, 3.05) is 11.9 Å². The number of aliphatic hydroxyl groups is 1. The van der Waals surface area contributed by atoms with Crippen LogP contribution < -0.4 is 5.32 Å². The molecule has 0 saturated heterocycles. The molecule has 0 spiro atoms. The fraction of sp³-hybridized carbons (Fsp3) is 0.333. The molecule has 1 aromatic heterocycles. The number of hydrogen-bond donors (Lipinski definition) is 2. The SMILES string of the molecule is OCCCn1cc(CNc2cc(F)c(Br)cc2F)nn1. The molecule has 5 nitrogen and oxygen atoms in total. The third kappa shape index (κ3) is 3.73. The average molecular weight is 347 g/mol. The van der Waals surface area contributed by atoms with E-state index in [9.17, 15) is 8.78 Å². The van der Waals surface area contributed by atoms with Gasteiger partial charge in [-0.2, -0.15) is 0 Å². The van der Waals surface area contributed by atoms with E-state index < -0.39 is 11.6 Å². The molecule has 1 heterocycles. The van der Waals surface area contributed by atoms with Gasteiger partial charge in [-0.15, -0.1) is 5.10 Å². The van der Waals surface area contributed by atoms with E-state index in [0.29, 0.717) is 18.7 Å². The Kier molecular flexibility index (Phi) is 5.02. The van der Waals surface area contributed by atoms with Gasteiger partial charge in [-0.25, -0.2) is 8.78 Å². The van der Waals surface area contributed by atoms with Crippen LogP contribution in [0.4, 0.5) is 14.5 Å². The molecular weight excluding hydrogens is 334 g/mol. The summed E-state index contributed by atoms with van der Waals surface area (Å²) in [4.78, 5) is 0. The fourth-order valence-corrected chi connectivity index (χ4v) is 1.92. The van der Waals surface area contributed by atoms with Crippen LogP contribution in [0, 0.1) is 11.6 Å². The predicted molar refractivity (Wildman–Crippen MR) is 73.1 cm³/mol. The van der Waals surface area contributed by atoms with Gasteiger partial charge < -0.3 is 10.4 Å². The molecule has 0 atom stereocenters. The van der Waals surface area contributed by atoms with E-state index in [1.165, 1.54) is 0 Å². The molecule has 108 valence electrons. The zero-order valence-electron chi connectivity index (χ0n) is 10.5.